The van der Waals surface area contributed by atoms with Gasteiger partial charge in [0.05, 0.1) is 13.2 Å². The summed E-state index contributed by atoms with van der Waals surface area (Å²) < 4.78 is 29.4. The highest BCUT2D eigenvalue weighted by Crippen LogP contribution is 2.37. The molecule has 0 rings (SSSR count). The number of hydrogen-bond donors (Lipinski definition) is 1. The highest BCUT2D eigenvalue weighted by atomic mass is 32.1. The Balaban J connectivity index is 6.04. The highest BCUT2D eigenvalue weighted by Gasteiger charge is 2.42. The summed E-state index contributed by atoms with van der Waals surface area (Å²) in [7, 11) is -4.07. The molecule has 0 aromatic carbocycles. The lowest BCUT2D eigenvalue weighted by Gasteiger charge is -2.38. The van der Waals surface area contributed by atoms with Gasteiger partial charge in [0.2, 0.25) is 6.10 Å². The van der Waals surface area contributed by atoms with Gasteiger partial charge in [-0.25, -0.2) is 9.59 Å². The summed E-state index contributed by atoms with van der Waals surface area (Å²) >= 11 is 5.63. The molecule has 1 N–H and O–H groups in total. The molecular formula is C29H59NO8SSi2. The molecule has 12 heteroatoms. The van der Waals surface area contributed by atoms with Gasteiger partial charge >= 0.3 is 11.9 Å². The van der Waals surface area contributed by atoms with Crippen LogP contribution >= 0.6 is 12.2 Å². The van der Waals surface area contributed by atoms with Gasteiger partial charge in [-0.05, 0) is 90.0 Å². The minimum atomic E-state index is -2.04. The van der Waals surface area contributed by atoms with Crippen LogP contribution in [-0.4, -0.2) is 93.5 Å². The van der Waals surface area contributed by atoms with Crippen molar-refractivity contribution < 1.29 is 37.8 Å². The molecule has 0 aliphatic carbocycles. The number of carbonyl (C=O) groups excluding carboxylic acids is 2. The van der Waals surface area contributed by atoms with Crippen molar-refractivity contribution in [2.24, 2.45) is 0 Å². The lowest BCUT2D eigenvalue weighted by molar-refractivity contribution is -0.184. The quantitative estimate of drug-likeness (QED) is 0.155. The summed E-state index contributed by atoms with van der Waals surface area (Å²) in [5.41, 5.74) is -1.77. The van der Waals surface area contributed by atoms with Crippen LogP contribution in [0.1, 0.15) is 83.1 Å². The van der Waals surface area contributed by atoms with E-state index < -0.39 is 52.0 Å². The molecule has 41 heavy (non-hydrogen) atoms. The molecule has 0 saturated carbocycles. The first-order chi connectivity index (χ1) is 18.0. The molecule has 2 atom stereocenters. The van der Waals surface area contributed by atoms with Crippen LogP contribution in [0.3, 0.4) is 0 Å². The van der Waals surface area contributed by atoms with E-state index in [1.165, 1.54) is 0 Å². The topological polar surface area (TPSA) is 104 Å². The minimum Gasteiger partial charge on any atom is -0.458 e. The van der Waals surface area contributed by atoms with Crippen LogP contribution in [-0.2, 0) is 32.7 Å². The number of hydrogen-bond acceptors (Lipinski definition) is 9. The summed E-state index contributed by atoms with van der Waals surface area (Å²) in [6.45, 7) is 33.2. The highest BCUT2D eigenvalue weighted by molar-refractivity contribution is 7.80. The van der Waals surface area contributed by atoms with Gasteiger partial charge in [-0.1, -0.05) is 41.5 Å². The summed E-state index contributed by atoms with van der Waals surface area (Å²) in [4.78, 5) is 27.6. The fraction of sp³-hybridized carbons (Fsp3) is 0.897. The average Bonchev–Trinajstić information content (AvgIpc) is 2.71. The van der Waals surface area contributed by atoms with Gasteiger partial charge in [0, 0.05) is 13.1 Å². The first-order valence-electron chi connectivity index (χ1n) is 14.4. The number of aliphatic hydroxyl groups is 1. The normalized spacial score (nSPS) is 15.1. The van der Waals surface area contributed by atoms with E-state index in [0.29, 0.717) is 26.3 Å². The van der Waals surface area contributed by atoms with Crippen molar-refractivity contribution in [3.63, 3.8) is 0 Å². The van der Waals surface area contributed by atoms with Crippen LogP contribution in [0.5, 0.6) is 0 Å². The lowest BCUT2D eigenvalue weighted by Crippen LogP contribution is -2.51. The van der Waals surface area contributed by atoms with E-state index in [1.807, 2.05) is 0 Å². The van der Waals surface area contributed by atoms with E-state index >= 15 is 0 Å². The van der Waals surface area contributed by atoms with Gasteiger partial charge in [-0.15, -0.1) is 0 Å². The van der Waals surface area contributed by atoms with E-state index in [2.05, 4.69) is 67.7 Å². The molecule has 0 saturated heterocycles. The molecule has 242 valence electrons. The van der Waals surface area contributed by atoms with Gasteiger partial charge in [0.25, 0.3) is 5.17 Å². The lowest BCUT2D eigenvalue weighted by atomic mass is 10.1. The molecule has 0 aromatic heterocycles. The molecule has 0 aliphatic heterocycles. The van der Waals surface area contributed by atoms with E-state index in [-0.39, 0.29) is 15.3 Å². The molecule has 0 aromatic rings. The predicted molar refractivity (Wildman–Crippen MR) is 173 cm³/mol. The molecule has 0 bridgehead atoms. The largest absolute Gasteiger partial charge is 0.458 e. The molecule has 0 amide bonds. The second kappa shape index (κ2) is 14.6. The summed E-state index contributed by atoms with van der Waals surface area (Å²) in [6, 6.07) is 0. The smallest absolute Gasteiger partial charge is 0.351 e. The number of thiocarbonyl (C=S) groups is 1. The van der Waals surface area contributed by atoms with E-state index in [1.54, 1.807) is 46.4 Å². The van der Waals surface area contributed by atoms with E-state index in [4.69, 9.17) is 35.3 Å². The average molecular weight is 638 g/mol. The Morgan fingerprint density at radius 2 is 1.05 bits per heavy atom. The zero-order valence-electron chi connectivity index (χ0n) is 28.6. The van der Waals surface area contributed by atoms with E-state index in [9.17, 15) is 14.7 Å². The fourth-order valence-electron chi connectivity index (χ4n) is 2.82. The minimum absolute atomic E-state index is 0.0274. The van der Waals surface area contributed by atoms with Crippen LogP contribution in [0, 0.1) is 0 Å². The Morgan fingerprint density at radius 1 is 0.707 bits per heavy atom. The van der Waals surface area contributed by atoms with Gasteiger partial charge < -0.3 is 33.1 Å². The Kier molecular flexibility index (Phi) is 14.2. The first-order valence-corrected chi connectivity index (χ1v) is 20.6. The van der Waals surface area contributed by atoms with Crippen molar-refractivity contribution in [3.8, 4) is 0 Å². The summed E-state index contributed by atoms with van der Waals surface area (Å²) in [5, 5.41) is 10.9. The number of nitrogens with zero attached hydrogens (tertiary/aromatic N) is 1. The molecule has 0 heterocycles. The van der Waals surface area contributed by atoms with Gasteiger partial charge in [-0.3, -0.25) is 0 Å². The van der Waals surface area contributed by atoms with Gasteiger partial charge in [-0.2, -0.15) is 0 Å². The molecule has 0 fully saturated rings. The second-order valence-corrected chi connectivity index (χ2v) is 25.5. The van der Waals surface area contributed by atoms with Gasteiger partial charge in [0.1, 0.15) is 11.2 Å². The first kappa shape index (κ1) is 39.9. The fourth-order valence-corrected chi connectivity index (χ4v) is 5.18. The van der Waals surface area contributed by atoms with E-state index in [0.717, 1.165) is 0 Å². The van der Waals surface area contributed by atoms with Crippen molar-refractivity contribution in [1.29, 1.82) is 0 Å². The second-order valence-electron chi connectivity index (χ2n) is 15.5. The molecule has 0 aliphatic rings. The van der Waals surface area contributed by atoms with Crippen LogP contribution in [0.15, 0.2) is 0 Å². The maximum absolute atomic E-state index is 13.1. The third kappa shape index (κ3) is 14.3. The number of rotatable bonds is 12. The summed E-state index contributed by atoms with van der Waals surface area (Å²) in [5.74, 6) is -1.93. The maximum atomic E-state index is 13.1. The van der Waals surface area contributed by atoms with Crippen LogP contribution < -0.4 is 0 Å². The molecule has 9 nitrogen and oxygen atoms in total. The number of aliphatic hydroxyl groups excluding tert-OH is 1. The zero-order chi connectivity index (χ0) is 32.8. The van der Waals surface area contributed by atoms with Gasteiger partial charge in [0.15, 0.2) is 22.7 Å². The molecule has 0 spiro atoms. The van der Waals surface area contributed by atoms with Crippen molar-refractivity contribution in [1.82, 2.24) is 4.90 Å². The van der Waals surface area contributed by atoms with Crippen LogP contribution in [0.2, 0.25) is 36.3 Å². The molecule has 0 radical (unpaired) electrons. The van der Waals surface area contributed by atoms with Crippen molar-refractivity contribution >= 4 is 46.0 Å². The predicted octanol–water partition coefficient (Wildman–Crippen LogP) is 6.05. The Morgan fingerprint density at radius 3 is 1.37 bits per heavy atom. The number of carbonyl (C=O) groups is 2. The van der Waals surface area contributed by atoms with Crippen molar-refractivity contribution in [2.45, 2.75) is 143 Å². The molecular weight excluding hydrogens is 579 g/mol. The monoisotopic (exact) mass is 637 g/mol. The van der Waals surface area contributed by atoms with Crippen molar-refractivity contribution in [2.75, 3.05) is 26.3 Å². The zero-order valence-corrected chi connectivity index (χ0v) is 31.5. The third-order valence-electron chi connectivity index (χ3n) is 7.32. The third-order valence-corrected chi connectivity index (χ3v) is 16.8. The Labute approximate surface area is 257 Å². The Bertz CT molecular complexity index is 851. The maximum Gasteiger partial charge on any atom is 0.351 e. The summed E-state index contributed by atoms with van der Waals surface area (Å²) in [6.07, 6.45) is -3.67. The molecule has 0 unspecified atom stereocenters. The van der Waals surface area contributed by atoms with Crippen LogP contribution in [0.4, 0.5) is 0 Å². The Hall–Kier alpha value is -1.06. The SMILES string of the molecule is CC(C)(C)OC(=O)[C@H](O)[C@@H](OC(=S)N(CCO[Si](C)(C)C(C)(C)C)CCO[Si](C)(C)C(C)(C)C)C(=O)OC(C)(C)C. The number of ether oxygens (including phenoxy) is 3. The standard InChI is InChI=1S/C29H59NO8SSi2/c1-26(2,3)37-23(32)21(31)22(24(33)38-27(4,5)6)36-25(39)30(17-19-34-40(13,14)28(7,8)9)18-20-35-41(15,16)29(10,11)12/h21-22,31H,17-20H2,1-16H3/t21-,22-/m1/s1. The van der Waals surface area contributed by atoms with Crippen LogP contribution in [0.25, 0.3) is 0 Å². The number of esters is 2. The van der Waals surface area contributed by atoms with Crippen molar-refractivity contribution in [3.05, 3.63) is 0 Å².